The van der Waals surface area contributed by atoms with Crippen molar-refractivity contribution in [3.05, 3.63) is 23.8 Å². The molecule has 1 aromatic carbocycles. The largest absolute Gasteiger partial charge is 0.497 e. The van der Waals surface area contributed by atoms with Crippen LogP contribution in [0.25, 0.3) is 0 Å². The maximum atomic E-state index is 5.82. The van der Waals surface area contributed by atoms with Crippen LogP contribution < -0.4 is 15.4 Å². The second kappa shape index (κ2) is 6.24. The summed E-state index contributed by atoms with van der Waals surface area (Å²) in [6.07, 6.45) is 5.38. The van der Waals surface area contributed by atoms with Gasteiger partial charge in [-0.3, -0.25) is 0 Å². The van der Waals surface area contributed by atoms with E-state index in [1.165, 1.54) is 25.7 Å². The average molecular weight is 278 g/mol. The first-order valence-corrected chi connectivity index (χ1v) is 7.21. The Balaban J connectivity index is 2.21. The Hall–Kier alpha value is -1.29. The summed E-state index contributed by atoms with van der Waals surface area (Å²) in [4.78, 5) is 2.70. The third kappa shape index (κ3) is 3.38. The molecule has 19 heavy (non-hydrogen) atoms. The van der Waals surface area contributed by atoms with Crippen molar-refractivity contribution in [2.75, 3.05) is 25.6 Å². The number of nitrogens with zero attached hydrogens (tertiary/aromatic N) is 1. The van der Waals surface area contributed by atoms with E-state index in [1.807, 2.05) is 18.2 Å². The maximum Gasteiger partial charge on any atom is 0.120 e. The molecule has 1 fully saturated rings. The zero-order valence-electron chi connectivity index (χ0n) is 11.7. The van der Waals surface area contributed by atoms with Crippen molar-refractivity contribution >= 4 is 22.9 Å². The fraction of sp³-hybridized carbons (Fsp3) is 0.533. The molecule has 1 aliphatic carbocycles. The van der Waals surface area contributed by atoms with Gasteiger partial charge in [0.15, 0.2) is 0 Å². The van der Waals surface area contributed by atoms with E-state index in [-0.39, 0.29) is 0 Å². The topological polar surface area (TPSA) is 38.5 Å². The van der Waals surface area contributed by atoms with Gasteiger partial charge in [0.1, 0.15) is 10.7 Å². The van der Waals surface area contributed by atoms with Crippen molar-refractivity contribution in [3.63, 3.8) is 0 Å². The normalized spacial score (nSPS) is 15.5. The monoisotopic (exact) mass is 278 g/mol. The second-order valence-electron chi connectivity index (χ2n) is 5.28. The number of anilines is 1. The third-order valence-electron chi connectivity index (χ3n) is 3.89. The summed E-state index contributed by atoms with van der Waals surface area (Å²) >= 11 is 5.14. The van der Waals surface area contributed by atoms with Gasteiger partial charge in [0.2, 0.25) is 0 Å². The summed E-state index contributed by atoms with van der Waals surface area (Å²) in [5.74, 6) is 1.63. The second-order valence-corrected chi connectivity index (χ2v) is 5.72. The van der Waals surface area contributed by atoms with E-state index in [0.29, 0.717) is 4.99 Å². The van der Waals surface area contributed by atoms with Crippen molar-refractivity contribution < 1.29 is 4.74 Å². The van der Waals surface area contributed by atoms with Crippen LogP contribution >= 0.6 is 12.2 Å². The number of hydrogen-bond acceptors (Lipinski definition) is 3. The van der Waals surface area contributed by atoms with E-state index in [1.54, 1.807) is 7.11 Å². The minimum absolute atomic E-state index is 0.441. The van der Waals surface area contributed by atoms with Gasteiger partial charge in [0.25, 0.3) is 0 Å². The van der Waals surface area contributed by atoms with Gasteiger partial charge in [-0.15, -0.1) is 0 Å². The fourth-order valence-corrected chi connectivity index (χ4v) is 3.01. The predicted octanol–water partition coefficient (Wildman–Crippen LogP) is 2.96. The van der Waals surface area contributed by atoms with Crippen LogP contribution in [0.1, 0.15) is 31.2 Å². The summed E-state index contributed by atoms with van der Waals surface area (Å²) in [5.41, 5.74) is 7.81. The Morgan fingerprint density at radius 2 is 2.11 bits per heavy atom. The highest BCUT2D eigenvalue weighted by atomic mass is 32.1. The summed E-state index contributed by atoms with van der Waals surface area (Å²) in [5, 5.41) is 0. The standard InChI is InChI=1S/C15H22N2OS/c1-17(10-11-5-3-4-6-11)14-9-12(18-2)7-8-13(14)15(16)19/h7-9,11H,3-6,10H2,1-2H3,(H2,16,19). The van der Waals surface area contributed by atoms with Crippen LogP contribution in [-0.2, 0) is 0 Å². The minimum atomic E-state index is 0.441. The Morgan fingerprint density at radius 1 is 1.42 bits per heavy atom. The summed E-state index contributed by atoms with van der Waals surface area (Å²) < 4.78 is 5.30. The van der Waals surface area contributed by atoms with Crippen LogP contribution in [0.4, 0.5) is 5.69 Å². The first-order chi connectivity index (χ1) is 9.11. The Morgan fingerprint density at radius 3 is 2.68 bits per heavy atom. The van der Waals surface area contributed by atoms with Crippen LogP contribution in [0.3, 0.4) is 0 Å². The van der Waals surface area contributed by atoms with Gasteiger partial charge in [-0.25, -0.2) is 0 Å². The van der Waals surface area contributed by atoms with Gasteiger partial charge in [-0.1, -0.05) is 25.1 Å². The molecule has 1 aliphatic rings. The van der Waals surface area contributed by atoms with Gasteiger partial charge in [-0.05, 0) is 30.9 Å². The first kappa shape index (κ1) is 14.1. The molecule has 0 spiro atoms. The molecule has 1 aromatic rings. The summed E-state index contributed by atoms with van der Waals surface area (Å²) in [6.45, 7) is 1.06. The first-order valence-electron chi connectivity index (χ1n) is 6.80. The number of rotatable bonds is 5. The van der Waals surface area contributed by atoms with E-state index in [9.17, 15) is 0 Å². The maximum absolute atomic E-state index is 5.82. The molecule has 2 N–H and O–H groups in total. The highest BCUT2D eigenvalue weighted by molar-refractivity contribution is 7.80. The summed E-state index contributed by atoms with van der Waals surface area (Å²) in [7, 11) is 3.78. The number of methoxy groups -OCH3 is 1. The highest BCUT2D eigenvalue weighted by Crippen LogP contribution is 2.30. The molecule has 0 aromatic heterocycles. The average Bonchev–Trinajstić information content (AvgIpc) is 2.90. The molecule has 0 aliphatic heterocycles. The highest BCUT2D eigenvalue weighted by Gasteiger charge is 2.19. The molecule has 1 saturated carbocycles. The van der Waals surface area contributed by atoms with Crippen LogP contribution in [0, 0.1) is 5.92 Å². The number of hydrogen-bond donors (Lipinski definition) is 1. The lowest BCUT2D eigenvalue weighted by Gasteiger charge is -2.25. The van der Waals surface area contributed by atoms with Gasteiger partial charge >= 0.3 is 0 Å². The molecule has 0 bridgehead atoms. The Kier molecular flexibility index (Phi) is 4.64. The predicted molar refractivity (Wildman–Crippen MR) is 84.1 cm³/mol. The molecule has 0 radical (unpaired) electrons. The summed E-state index contributed by atoms with van der Waals surface area (Å²) in [6, 6.07) is 5.87. The van der Waals surface area contributed by atoms with E-state index < -0.39 is 0 Å². The fourth-order valence-electron chi connectivity index (χ4n) is 2.84. The molecular weight excluding hydrogens is 256 g/mol. The van der Waals surface area contributed by atoms with Crippen molar-refractivity contribution in [1.82, 2.24) is 0 Å². The Bertz CT molecular complexity index is 455. The molecule has 0 amide bonds. The third-order valence-corrected chi connectivity index (χ3v) is 4.11. The van der Waals surface area contributed by atoms with Crippen molar-refractivity contribution in [2.24, 2.45) is 11.7 Å². The van der Waals surface area contributed by atoms with E-state index in [2.05, 4.69) is 11.9 Å². The van der Waals surface area contributed by atoms with Crippen LogP contribution in [0.2, 0.25) is 0 Å². The minimum Gasteiger partial charge on any atom is -0.497 e. The molecule has 0 saturated heterocycles. The zero-order chi connectivity index (χ0) is 13.8. The lowest BCUT2D eigenvalue weighted by atomic mass is 10.1. The van der Waals surface area contributed by atoms with Gasteiger partial charge in [0.05, 0.1) is 12.8 Å². The molecule has 0 unspecified atom stereocenters. The van der Waals surface area contributed by atoms with Crippen molar-refractivity contribution in [3.8, 4) is 5.75 Å². The van der Waals surface area contributed by atoms with Gasteiger partial charge < -0.3 is 15.4 Å². The van der Waals surface area contributed by atoms with Gasteiger partial charge in [-0.2, -0.15) is 0 Å². The SMILES string of the molecule is COc1ccc(C(N)=S)c(N(C)CC2CCCC2)c1. The number of nitrogens with two attached hydrogens (primary N) is 1. The van der Waals surface area contributed by atoms with Crippen molar-refractivity contribution in [2.45, 2.75) is 25.7 Å². The van der Waals surface area contributed by atoms with Crippen LogP contribution in [0.5, 0.6) is 5.75 Å². The van der Waals surface area contributed by atoms with E-state index in [4.69, 9.17) is 22.7 Å². The molecule has 0 atom stereocenters. The van der Waals surface area contributed by atoms with Crippen LogP contribution in [-0.4, -0.2) is 25.7 Å². The van der Waals surface area contributed by atoms with E-state index >= 15 is 0 Å². The molecule has 3 nitrogen and oxygen atoms in total. The smallest absolute Gasteiger partial charge is 0.120 e. The number of thiocarbonyl (C=S) groups is 1. The zero-order valence-corrected chi connectivity index (χ0v) is 12.5. The molecule has 0 heterocycles. The molecule has 4 heteroatoms. The lowest BCUT2D eigenvalue weighted by molar-refractivity contribution is 0.414. The van der Waals surface area contributed by atoms with Gasteiger partial charge in [0, 0.05) is 25.2 Å². The molecule has 104 valence electrons. The number of benzene rings is 1. The van der Waals surface area contributed by atoms with Crippen LogP contribution in [0.15, 0.2) is 18.2 Å². The van der Waals surface area contributed by atoms with Crippen molar-refractivity contribution in [1.29, 1.82) is 0 Å². The van der Waals surface area contributed by atoms with E-state index in [0.717, 1.165) is 29.5 Å². The quantitative estimate of drug-likeness (QED) is 0.840. The molecular formula is C15H22N2OS. The molecule has 2 rings (SSSR count). The number of ether oxygens (including phenoxy) is 1. The lowest BCUT2D eigenvalue weighted by Crippen LogP contribution is -2.26. The Labute approximate surface area is 120 Å².